The molecule has 0 aliphatic rings. The van der Waals surface area contributed by atoms with Crippen molar-refractivity contribution >= 4 is 21.6 Å². The van der Waals surface area contributed by atoms with Crippen molar-refractivity contribution in [3.8, 4) is 0 Å². The number of para-hydroxylation sites is 1. The molecule has 3 rings (SSSR count). The highest BCUT2D eigenvalue weighted by molar-refractivity contribution is 7.92. The number of hydrogen-bond donors (Lipinski definition) is 2. The molecule has 0 aliphatic heterocycles. The van der Waals surface area contributed by atoms with Crippen LogP contribution in [0.3, 0.4) is 0 Å². The van der Waals surface area contributed by atoms with Gasteiger partial charge in [-0.3, -0.25) is 9.52 Å². The molecule has 3 aromatic rings. The molecule has 0 saturated carbocycles. The molecule has 146 valence electrons. The van der Waals surface area contributed by atoms with Crippen LogP contribution in [0.2, 0.25) is 0 Å². The fraction of sp³-hybridized carbons (Fsp3) is 0.190. The Hall–Kier alpha value is -3.06. The van der Waals surface area contributed by atoms with Gasteiger partial charge in [0.1, 0.15) is 5.76 Å². The van der Waals surface area contributed by atoms with Crippen molar-refractivity contribution in [3.63, 3.8) is 0 Å². The van der Waals surface area contributed by atoms with Crippen molar-refractivity contribution in [1.82, 2.24) is 5.32 Å². The Morgan fingerprint density at radius 3 is 2.36 bits per heavy atom. The van der Waals surface area contributed by atoms with Gasteiger partial charge in [0.25, 0.3) is 15.9 Å². The number of furan rings is 1. The minimum Gasteiger partial charge on any atom is -0.469 e. The Bertz CT molecular complexity index is 998. The van der Waals surface area contributed by atoms with Crippen molar-refractivity contribution in [1.29, 1.82) is 0 Å². The Kier molecular flexibility index (Phi) is 6.16. The van der Waals surface area contributed by atoms with Gasteiger partial charge in [0.2, 0.25) is 0 Å². The summed E-state index contributed by atoms with van der Waals surface area (Å²) in [7, 11) is -3.70. The molecule has 2 N–H and O–H groups in total. The summed E-state index contributed by atoms with van der Waals surface area (Å²) in [6.45, 7) is 1.92. The lowest BCUT2D eigenvalue weighted by molar-refractivity contribution is 0.0938. The van der Waals surface area contributed by atoms with Crippen LogP contribution in [-0.4, -0.2) is 20.4 Å². The Balaban J connectivity index is 1.59. The third-order valence-electron chi connectivity index (χ3n) is 4.23. The van der Waals surface area contributed by atoms with Crippen LogP contribution in [0.15, 0.2) is 82.3 Å². The maximum absolute atomic E-state index is 12.4. The molecule has 0 bridgehead atoms. The highest BCUT2D eigenvalue weighted by Gasteiger charge is 2.16. The zero-order valence-electron chi connectivity index (χ0n) is 15.5. The lowest BCUT2D eigenvalue weighted by atomic mass is 10.1. The molecular weight excluding hydrogens is 376 g/mol. The molecule has 7 heteroatoms. The second-order valence-electron chi connectivity index (χ2n) is 6.49. The summed E-state index contributed by atoms with van der Waals surface area (Å²) in [6.07, 6.45) is 3.10. The second kappa shape index (κ2) is 8.75. The molecule has 0 aliphatic carbocycles. The largest absolute Gasteiger partial charge is 0.469 e. The van der Waals surface area contributed by atoms with E-state index in [-0.39, 0.29) is 16.8 Å². The number of rotatable bonds is 8. The summed E-state index contributed by atoms with van der Waals surface area (Å²) >= 11 is 0. The summed E-state index contributed by atoms with van der Waals surface area (Å²) in [6, 6.07) is 18.2. The second-order valence-corrected chi connectivity index (χ2v) is 8.17. The average molecular weight is 398 g/mol. The van der Waals surface area contributed by atoms with Gasteiger partial charge in [-0.25, -0.2) is 8.42 Å². The van der Waals surface area contributed by atoms with E-state index in [1.165, 1.54) is 24.3 Å². The molecule has 6 nitrogen and oxygen atoms in total. The highest BCUT2D eigenvalue weighted by Crippen LogP contribution is 2.16. The molecule has 1 atom stereocenters. The molecule has 0 radical (unpaired) electrons. The molecular formula is C21H22N2O4S. The predicted molar refractivity (Wildman–Crippen MR) is 108 cm³/mol. The van der Waals surface area contributed by atoms with E-state index in [2.05, 4.69) is 10.0 Å². The first kappa shape index (κ1) is 19.7. The average Bonchev–Trinajstić information content (AvgIpc) is 3.20. The Labute approximate surface area is 164 Å². The van der Waals surface area contributed by atoms with Crippen LogP contribution in [0, 0.1) is 0 Å². The number of aryl methyl sites for hydroxylation is 1. The smallest absolute Gasteiger partial charge is 0.261 e. The van der Waals surface area contributed by atoms with Gasteiger partial charge in [0.15, 0.2) is 0 Å². The molecule has 1 heterocycles. The molecule has 0 saturated heterocycles. The topological polar surface area (TPSA) is 88.4 Å². The first-order chi connectivity index (χ1) is 13.4. The molecule has 1 amide bonds. The fourth-order valence-corrected chi connectivity index (χ4v) is 3.76. The van der Waals surface area contributed by atoms with Gasteiger partial charge in [-0.2, -0.15) is 0 Å². The van der Waals surface area contributed by atoms with E-state index in [1.54, 1.807) is 36.6 Å². The molecule has 1 aromatic heterocycles. The van der Waals surface area contributed by atoms with E-state index in [4.69, 9.17) is 4.42 Å². The third-order valence-corrected chi connectivity index (χ3v) is 5.63. The number of sulfonamides is 1. The van der Waals surface area contributed by atoms with Gasteiger partial charge in [-0.15, -0.1) is 0 Å². The van der Waals surface area contributed by atoms with E-state index in [0.29, 0.717) is 11.3 Å². The summed E-state index contributed by atoms with van der Waals surface area (Å²) in [5.41, 5.74) is 0.887. The Morgan fingerprint density at radius 1 is 1.00 bits per heavy atom. The van der Waals surface area contributed by atoms with Crippen LogP contribution in [0.25, 0.3) is 0 Å². The summed E-state index contributed by atoms with van der Waals surface area (Å²) in [5, 5.41) is 2.91. The molecule has 28 heavy (non-hydrogen) atoms. The van der Waals surface area contributed by atoms with Gasteiger partial charge in [-0.05, 0) is 61.9 Å². The quantitative estimate of drug-likeness (QED) is 0.604. The number of amides is 1. The first-order valence-corrected chi connectivity index (χ1v) is 10.4. The number of nitrogens with one attached hydrogen (secondary N) is 2. The molecule has 2 aromatic carbocycles. The van der Waals surface area contributed by atoms with E-state index in [0.717, 1.165) is 18.6 Å². The third kappa shape index (κ3) is 5.23. The summed E-state index contributed by atoms with van der Waals surface area (Å²) in [5.74, 6) is 0.633. The van der Waals surface area contributed by atoms with Crippen LogP contribution in [-0.2, 0) is 16.4 Å². The molecule has 0 unspecified atom stereocenters. The predicted octanol–water partition coefficient (Wildman–Crippen LogP) is 3.83. The lowest BCUT2D eigenvalue weighted by Crippen LogP contribution is -2.32. The van der Waals surface area contributed by atoms with Crippen molar-refractivity contribution in [2.45, 2.75) is 30.7 Å². The zero-order valence-corrected chi connectivity index (χ0v) is 16.3. The number of hydrogen-bond acceptors (Lipinski definition) is 4. The van der Waals surface area contributed by atoms with Crippen LogP contribution in [0.4, 0.5) is 5.69 Å². The van der Waals surface area contributed by atoms with Gasteiger partial charge in [0, 0.05) is 23.7 Å². The maximum Gasteiger partial charge on any atom is 0.261 e. The van der Waals surface area contributed by atoms with E-state index < -0.39 is 10.0 Å². The summed E-state index contributed by atoms with van der Waals surface area (Å²) in [4.78, 5) is 12.5. The van der Waals surface area contributed by atoms with E-state index >= 15 is 0 Å². The maximum atomic E-state index is 12.4. The molecule has 0 fully saturated rings. The van der Waals surface area contributed by atoms with Gasteiger partial charge in [-0.1, -0.05) is 18.2 Å². The number of anilines is 1. The van der Waals surface area contributed by atoms with Crippen LogP contribution < -0.4 is 10.0 Å². The zero-order chi connectivity index (χ0) is 20.0. The van der Waals surface area contributed by atoms with Crippen LogP contribution in [0.5, 0.6) is 0 Å². The number of carbonyl (C=O) groups is 1. The fourth-order valence-electron chi connectivity index (χ4n) is 2.70. The Morgan fingerprint density at radius 2 is 1.71 bits per heavy atom. The van der Waals surface area contributed by atoms with E-state index in [9.17, 15) is 13.2 Å². The van der Waals surface area contributed by atoms with Crippen LogP contribution >= 0.6 is 0 Å². The van der Waals surface area contributed by atoms with Gasteiger partial charge < -0.3 is 9.73 Å². The normalized spacial score (nSPS) is 12.3. The lowest BCUT2D eigenvalue weighted by Gasteiger charge is -2.13. The number of benzene rings is 2. The molecule has 0 spiro atoms. The monoisotopic (exact) mass is 398 g/mol. The van der Waals surface area contributed by atoms with Gasteiger partial charge >= 0.3 is 0 Å². The first-order valence-electron chi connectivity index (χ1n) is 8.95. The van der Waals surface area contributed by atoms with Crippen molar-refractivity contribution in [2.75, 3.05) is 4.72 Å². The van der Waals surface area contributed by atoms with Gasteiger partial charge in [0.05, 0.1) is 11.2 Å². The highest BCUT2D eigenvalue weighted by atomic mass is 32.2. The number of carbonyl (C=O) groups excluding carboxylic acids is 1. The van der Waals surface area contributed by atoms with Crippen molar-refractivity contribution in [2.24, 2.45) is 0 Å². The SMILES string of the molecule is C[C@@H](CCc1ccco1)NC(=O)c1ccc(S(=O)(=O)Nc2ccccc2)cc1. The van der Waals surface area contributed by atoms with Crippen LogP contribution in [0.1, 0.15) is 29.5 Å². The van der Waals surface area contributed by atoms with Crippen molar-refractivity contribution < 1.29 is 17.6 Å². The minimum absolute atomic E-state index is 0.0410. The van der Waals surface area contributed by atoms with E-state index in [1.807, 2.05) is 19.1 Å². The standard InChI is InChI=1S/C21H22N2O4S/c1-16(9-12-19-8-5-15-27-19)22-21(24)17-10-13-20(14-11-17)28(25,26)23-18-6-3-2-4-7-18/h2-8,10-11,13-16,23H,9,12H2,1H3,(H,22,24)/t16-/m0/s1. The van der Waals surface area contributed by atoms with Crippen molar-refractivity contribution in [3.05, 3.63) is 84.3 Å². The minimum atomic E-state index is -3.70. The summed E-state index contributed by atoms with van der Waals surface area (Å²) < 4.78 is 32.7.